The van der Waals surface area contributed by atoms with Crippen LogP contribution in [0.2, 0.25) is 0 Å². The van der Waals surface area contributed by atoms with Crippen LogP contribution >= 0.6 is 0 Å². The van der Waals surface area contributed by atoms with Gasteiger partial charge in [0.05, 0.1) is 11.4 Å². The van der Waals surface area contributed by atoms with Crippen molar-refractivity contribution in [3.8, 4) is 5.75 Å². The molecule has 5 nitrogen and oxygen atoms in total. The minimum atomic E-state index is -0.368. The van der Waals surface area contributed by atoms with Gasteiger partial charge < -0.3 is 15.7 Å². The lowest BCUT2D eigenvalue weighted by Crippen LogP contribution is -2.20. The zero-order valence-corrected chi connectivity index (χ0v) is 16.1. The highest BCUT2D eigenvalue weighted by atomic mass is 16.3. The summed E-state index contributed by atoms with van der Waals surface area (Å²) in [5.74, 6) is -0.334. The highest BCUT2D eigenvalue weighted by Crippen LogP contribution is 2.35. The van der Waals surface area contributed by atoms with Gasteiger partial charge in [-0.2, -0.15) is 0 Å². The number of carbonyl (C=O) groups is 2. The van der Waals surface area contributed by atoms with E-state index in [1.165, 1.54) is 0 Å². The number of rotatable bonds is 4. The molecule has 144 valence electrons. The number of aryl methyl sites for hydroxylation is 2. The van der Waals surface area contributed by atoms with E-state index in [1.807, 2.05) is 26.0 Å². The Morgan fingerprint density at radius 2 is 1.28 bits per heavy atom. The Morgan fingerprint density at radius 3 is 1.83 bits per heavy atom. The topological polar surface area (TPSA) is 78.4 Å². The summed E-state index contributed by atoms with van der Waals surface area (Å²) in [5, 5.41) is 15.9. The summed E-state index contributed by atoms with van der Waals surface area (Å²) in [5.41, 5.74) is 4.06. The maximum atomic E-state index is 13.4. The average molecular weight is 384 g/mol. The van der Waals surface area contributed by atoms with E-state index in [-0.39, 0.29) is 22.9 Å². The van der Waals surface area contributed by atoms with Crippen LogP contribution in [0.5, 0.6) is 5.75 Å². The molecule has 0 amide bonds. The Bertz CT molecular complexity index is 1120. The van der Waals surface area contributed by atoms with Gasteiger partial charge in [0, 0.05) is 17.2 Å². The molecule has 0 saturated carbocycles. The lowest BCUT2D eigenvalue weighted by Gasteiger charge is -2.12. The third kappa shape index (κ3) is 3.62. The van der Waals surface area contributed by atoms with Gasteiger partial charge in [0.25, 0.3) is 0 Å². The molecule has 1 aliphatic heterocycles. The molecule has 0 unspecified atom stereocenters. The Morgan fingerprint density at radius 1 is 0.724 bits per heavy atom. The van der Waals surface area contributed by atoms with E-state index in [0.29, 0.717) is 28.3 Å². The van der Waals surface area contributed by atoms with Crippen LogP contribution in [0.4, 0.5) is 11.4 Å². The molecule has 0 radical (unpaired) electrons. The van der Waals surface area contributed by atoms with E-state index >= 15 is 0 Å². The number of phenolic OH excluding ortho intramolecular Hbond substituents is 1. The van der Waals surface area contributed by atoms with Crippen LogP contribution in [0.25, 0.3) is 0 Å². The standard InChI is InChI=1S/C24H20N2O3/c1-14-5-3-7-16(11-14)22(28)21(23(29)17-8-4-6-15(2)12-17)24-25-19-10-9-18(27)13-20(19)26-24/h3-13,25-27H,1-2H3. The maximum Gasteiger partial charge on any atom is 0.200 e. The van der Waals surface area contributed by atoms with Crippen LogP contribution < -0.4 is 10.6 Å². The van der Waals surface area contributed by atoms with Gasteiger partial charge in [0.15, 0.2) is 0 Å². The van der Waals surface area contributed by atoms with Crippen molar-refractivity contribution in [1.29, 1.82) is 0 Å². The monoisotopic (exact) mass is 384 g/mol. The minimum Gasteiger partial charge on any atom is -0.508 e. The van der Waals surface area contributed by atoms with E-state index < -0.39 is 0 Å². The molecule has 1 heterocycles. The predicted molar refractivity (Wildman–Crippen MR) is 113 cm³/mol. The number of fused-ring (bicyclic) bond motifs is 1. The first-order valence-corrected chi connectivity index (χ1v) is 9.26. The molecule has 0 aliphatic carbocycles. The second-order valence-electron chi connectivity index (χ2n) is 7.13. The van der Waals surface area contributed by atoms with Crippen molar-refractivity contribution in [2.45, 2.75) is 13.8 Å². The normalized spacial score (nSPS) is 12.0. The second kappa shape index (κ2) is 7.28. The molecular weight excluding hydrogens is 364 g/mol. The lowest BCUT2D eigenvalue weighted by molar-refractivity contribution is 0.0961. The number of hydrogen-bond donors (Lipinski definition) is 3. The van der Waals surface area contributed by atoms with E-state index in [9.17, 15) is 14.7 Å². The first kappa shape index (κ1) is 18.5. The zero-order chi connectivity index (χ0) is 20.5. The summed E-state index contributed by atoms with van der Waals surface area (Å²) in [6.45, 7) is 3.80. The highest BCUT2D eigenvalue weighted by molar-refractivity contribution is 6.32. The van der Waals surface area contributed by atoms with Crippen LogP contribution in [-0.2, 0) is 0 Å². The summed E-state index contributed by atoms with van der Waals surface area (Å²) in [4.78, 5) is 26.8. The van der Waals surface area contributed by atoms with Gasteiger partial charge in [-0.05, 0) is 38.1 Å². The Labute approximate surface area is 168 Å². The third-order valence-corrected chi connectivity index (χ3v) is 4.79. The molecule has 0 aromatic heterocycles. The van der Waals surface area contributed by atoms with Gasteiger partial charge in [0.2, 0.25) is 11.6 Å². The van der Waals surface area contributed by atoms with Gasteiger partial charge >= 0.3 is 0 Å². The van der Waals surface area contributed by atoms with Crippen LogP contribution in [0.3, 0.4) is 0 Å². The second-order valence-corrected chi connectivity index (χ2v) is 7.13. The quantitative estimate of drug-likeness (QED) is 0.198. The number of anilines is 2. The van der Waals surface area contributed by atoms with Crippen LogP contribution in [-0.4, -0.2) is 16.7 Å². The fraction of sp³-hybridized carbons (Fsp3) is 0.0833. The SMILES string of the molecule is Cc1cccc(C(=O)C(C(=O)c2cccc(C)c2)=C2Nc3ccc(O)cc3N2)c1. The molecule has 3 aromatic rings. The summed E-state index contributed by atoms with van der Waals surface area (Å²) in [7, 11) is 0. The number of nitrogens with one attached hydrogen (secondary N) is 2. The van der Waals surface area contributed by atoms with Crippen molar-refractivity contribution in [3.63, 3.8) is 0 Å². The van der Waals surface area contributed by atoms with Crippen molar-refractivity contribution < 1.29 is 14.7 Å². The van der Waals surface area contributed by atoms with Crippen LogP contribution in [0.15, 0.2) is 78.1 Å². The van der Waals surface area contributed by atoms with Crippen molar-refractivity contribution >= 4 is 22.9 Å². The van der Waals surface area contributed by atoms with E-state index in [1.54, 1.807) is 54.6 Å². The molecule has 29 heavy (non-hydrogen) atoms. The third-order valence-electron chi connectivity index (χ3n) is 4.79. The first-order chi connectivity index (χ1) is 13.9. The number of allylic oxidation sites excluding steroid dienone is 1. The molecule has 3 aromatic carbocycles. The number of carbonyl (C=O) groups excluding carboxylic acids is 2. The molecule has 0 atom stereocenters. The maximum absolute atomic E-state index is 13.4. The number of ketones is 2. The average Bonchev–Trinajstić information content (AvgIpc) is 3.10. The van der Waals surface area contributed by atoms with Gasteiger partial charge in [-0.15, -0.1) is 0 Å². The molecular formula is C24H20N2O3. The van der Waals surface area contributed by atoms with Crippen molar-refractivity contribution in [3.05, 3.63) is 100 Å². The summed E-state index contributed by atoms with van der Waals surface area (Å²) in [6, 6.07) is 19.1. The molecule has 5 heteroatoms. The smallest absolute Gasteiger partial charge is 0.200 e. The van der Waals surface area contributed by atoms with Crippen molar-refractivity contribution in [2.24, 2.45) is 0 Å². The number of Topliss-reactive ketones (excluding diaryl/α,β-unsaturated/α-hetero) is 2. The van der Waals surface area contributed by atoms with Crippen LogP contribution in [0, 0.1) is 13.8 Å². The fourth-order valence-corrected chi connectivity index (χ4v) is 3.36. The van der Waals surface area contributed by atoms with E-state index in [0.717, 1.165) is 11.1 Å². The minimum absolute atomic E-state index is 0.0249. The van der Waals surface area contributed by atoms with Gasteiger partial charge in [0.1, 0.15) is 17.1 Å². The number of benzene rings is 3. The largest absolute Gasteiger partial charge is 0.508 e. The molecule has 0 spiro atoms. The molecule has 0 saturated heterocycles. The first-order valence-electron chi connectivity index (χ1n) is 9.26. The zero-order valence-electron chi connectivity index (χ0n) is 16.1. The number of phenols is 1. The molecule has 0 bridgehead atoms. The van der Waals surface area contributed by atoms with Gasteiger partial charge in [-0.1, -0.05) is 47.5 Å². The molecule has 3 N–H and O–H groups in total. The van der Waals surface area contributed by atoms with Crippen LogP contribution in [0.1, 0.15) is 31.8 Å². The molecule has 0 fully saturated rings. The summed E-state index contributed by atoms with van der Waals surface area (Å²) in [6.07, 6.45) is 0. The lowest BCUT2D eigenvalue weighted by atomic mass is 9.94. The Hall–Kier alpha value is -3.86. The van der Waals surface area contributed by atoms with E-state index in [4.69, 9.17) is 0 Å². The van der Waals surface area contributed by atoms with Gasteiger partial charge in [-0.3, -0.25) is 9.59 Å². The van der Waals surface area contributed by atoms with Crippen molar-refractivity contribution in [2.75, 3.05) is 10.6 Å². The van der Waals surface area contributed by atoms with Crippen molar-refractivity contribution in [1.82, 2.24) is 0 Å². The Kier molecular flexibility index (Phi) is 4.64. The summed E-state index contributed by atoms with van der Waals surface area (Å²) >= 11 is 0. The number of hydrogen-bond acceptors (Lipinski definition) is 5. The fourth-order valence-electron chi connectivity index (χ4n) is 3.36. The number of aromatic hydroxyl groups is 1. The molecule has 4 rings (SSSR count). The predicted octanol–water partition coefficient (Wildman–Crippen LogP) is 4.82. The highest BCUT2D eigenvalue weighted by Gasteiger charge is 2.29. The van der Waals surface area contributed by atoms with Gasteiger partial charge in [-0.25, -0.2) is 0 Å². The summed E-state index contributed by atoms with van der Waals surface area (Å²) < 4.78 is 0. The molecule has 1 aliphatic rings. The Balaban J connectivity index is 1.84. The van der Waals surface area contributed by atoms with E-state index in [2.05, 4.69) is 10.6 Å².